The topological polar surface area (TPSA) is 132 Å². The van der Waals surface area contributed by atoms with Crippen LogP contribution in [-0.4, -0.2) is 91.0 Å². The van der Waals surface area contributed by atoms with E-state index in [1.807, 2.05) is 109 Å². The second-order valence-electron chi connectivity index (χ2n) is 16.6. The number of hydrogen-bond donors (Lipinski definition) is 2. The Bertz CT molecular complexity index is 2120. The van der Waals surface area contributed by atoms with E-state index in [-0.39, 0.29) is 50.2 Å². The fraction of sp³-hybridized carbons (Fsp3) is 0.321. The van der Waals surface area contributed by atoms with Crippen molar-refractivity contribution in [1.82, 2.24) is 10.6 Å². The fourth-order valence-corrected chi connectivity index (χ4v) is 7.89. The van der Waals surface area contributed by atoms with Crippen LogP contribution in [0.25, 0.3) is 0 Å². The van der Waals surface area contributed by atoms with E-state index < -0.39 is 24.1 Å². The highest BCUT2D eigenvalue weighted by molar-refractivity contribution is 6.29. The van der Waals surface area contributed by atoms with Gasteiger partial charge in [-0.15, -0.1) is 0 Å². The zero-order chi connectivity index (χ0) is 48.1. The number of para-hydroxylation sites is 2. The van der Waals surface area contributed by atoms with Gasteiger partial charge in [-0.05, 0) is 122 Å². The first-order valence-corrected chi connectivity index (χ1v) is 22.9. The summed E-state index contributed by atoms with van der Waals surface area (Å²) in [7, 11) is 6.59. The van der Waals surface area contributed by atoms with Crippen molar-refractivity contribution in [3.05, 3.63) is 180 Å². The first-order valence-electron chi connectivity index (χ1n) is 22.9. The maximum atomic E-state index is 13.7. The Morgan fingerprint density at radius 1 is 0.397 bits per heavy atom. The number of ether oxygens (including phenoxy) is 8. The molecule has 2 N–H and O–H groups in total. The number of benzene rings is 6. The molecule has 0 aliphatic carbocycles. The summed E-state index contributed by atoms with van der Waals surface area (Å²) < 4.78 is 45.6. The van der Waals surface area contributed by atoms with Gasteiger partial charge < -0.3 is 48.5 Å². The first kappa shape index (κ1) is 50.4. The van der Waals surface area contributed by atoms with E-state index in [0.717, 1.165) is 45.3 Å². The van der Waals surface area contributed by atoms with Crippen molar-refractivity contribution >= 4 is 11.9 Å². The average Bonchev–Trinajstić information content (AvgIpc) is 3.39. The monoisotopic (exact) mass is 924 g/mol. The predicted octanol–water partition coefficient (Wildman–Crippen LogP) is 9.40. The lowest BCUT2D eigenvalue weighted by Crippen LogP contribution is -2.43. The summed E-state index contributed by atoms with van der Waals surface area (Å²) in [6, 6.07) is 50.6. The summed E-state index contributed by atoms with van der Waals surface area (Å²) in [6.45, 7) is 4.54. The van der Waals surface area contributed by atoms with Gasteiger partial charge in [-0.25, -0.2) is 9.59 Å². The summed E-state index contributed by atoms with van der Waals surface area (Å²) in [4.78, 5) is 27.4. The summed E-state index contributed by atoms with van der Waals surface area (Å²) in [5.41, 5.74) is 4.47. The van der Waals surface area contributed by atoms with Crippen LogP contribution in [-0.2, 0) is 19.1 Å². The van der Waals surface area contributed by atoms with Gasteiger partial charge in [-0.1, -0.05) is 84.9 Å². The molecule has 0 unspecified atom stereocenters. The molecule has 12 nitrogen and oxygen atoms in total. The van der Waals surface area contributed by atoms with Gasteiger partial charge in [0.05, 0.1) is 28.4 Å². The van der Waals surface area contributed by atoms with Gasteiger partial charge in [-0.2, -0.15) is 0 Å². The third-order valence-corrected chi connectivity index (χ3v) is 11.7. The zero-order valence-electron chi connectivity index (χ0n) is 39.8. The van der Waals surface area contributed by atoms with Gasteiger partial charge in [0.2, 0.25) is 0 Å². The Morgan fingerprint density at radius 2 is 0.676 bits per heavy atom. The maximum absolute atomic E-state index is 13.7. The summed E-state index contributed by atoms with van der Waals surface area (Å²) in [6.07, 6.45) is -0.279. The largest absolute Gasteiger partial charge is 0.497 e. The molecule has 12 heteroatoms. The molecule has 6 aromatic rings. The molecule has 0 aromatic heterocycles. The van der Waals surface area contributed by atoms with Crippen LogP contribution in [0.2, 0.25) is 0 Å². The van der Waals surface area contributed by atoms with E-state index >= 15 is 0 Å². The van der Waals surface area contributed by atoms with Crippen LogP contribution in [0, 0.1) is 0 Å². The van der Waals surface area contributed by atoms with Crippen LogP contribution in [0.15, 0.2) is 158 Å². The van der Waals surface area contributed by atoms with E-state index in [2.05, 4.69) is 73.0 Å². The van der Waals surface area contributed by atoms with Gasteiger partial charge >= 0.3 is 11.9 Å². The quantitative estimate of drug-likeness (QED) is 0.0397. The molecule has 0 aliphatic heterocycles. The van der Waals surface area contributed by atoms with E-state index in [1.165, 1.54) is 0 Å². The summed E-state index contributed by atoms with van der Waals surface area (Å²) >= 11 is 0. The molecule has 0 fully saturated rings. The summed E-state index contributed by atoms with van der Waals surface area (Å²) in [5, 5.41) is 7.08. The Kier molecular flexibility index (Phi) is 19.5. The predicted molar refractivity (Wildman–Crippen MR) is 263 cm³/mol. The standard InChI is InChI=1S/C56H64N2O10/c1-39(33-53(41-17-25-45(61-3)26-18-41)42-19-27-46(62-4)28-20-42)57-35-51(37-65-49-13-9-7-10-14-49)67-55(59)56(60)68-52(38-66-50-15-11-8-12-16-50)36-58-40(2)34-54(43-21-29-47(63-5)30-22-43)44-23-31-48(64-6)32-24-44/h7-32,39-40,51-54,57-58H,33-38H2,1-6H3/t39-,40-,51-,52-/m0/s1. The third kappa shape index (κ3) is 15.5. The highest BCUT2D eigenvalue weighted by Gasteiger charge is 2.28. The van der Waals surface area contributed by atoms with E-state index in [9.17, 15) is 9.59 Å². The number of rotatable bonds is 26. The second-order valence-corrected chi connectivity index (χ2v) is 16.6. The summed E-state index contributed by atoms with van der Waals surface area (Å²) in [5.74, 6) is 2.07. The van der Waals surface area contributed by atoms with E-state index in [0.29, 0.717) is 24.3 Å². The molecular formula is C56H64N2O10. The van der Waals surface area contributed by atoms with Gasteiger partial charge in [0.25, 0.3) is 0 Å². The van der Waals surface area contributed by atoms with Crippen LogP contribution in [0.4, 0.5) is 0 Å². The molecule has 4 atom stereocenters. The number of hydrogen-bond acceptors (Lipinski definition) is 12. The zero-order valence-corrected chi connectivity index (χ0v) is 39.8. The van der Waals surface area contributed by atoms with Crippen LogP contribution < -0.4 is 39.1 Å². The minimum absolute atomic E-state index is 0.00762. The Labute approximate surface area is 400 Å². The molecule has 0 aliphatic rings. The molecule has 0 spiro atoms. The van der Waals surface area contributed by atoms with Crippen molar-refractivity contribution in [3.63, 3.8) is 0 Å². The molecular weight excluding hydrogens is 861 g/mol. The molecule has 68 heavy (non-hydrogen) atoms. The lowest BCUT2D eigenvalue weighted by atomic mass is 9.86. The number of nitrogens with one attached hydrogen (secondary N) is 2. The van der Waals surface area contributed by atoms with Crippen molar-refractivity contribution in [3.8, 4) is 34.5 Å². The highest BCUT2D eigenvalue weighted by atomic mass is 16.6. The number of carbonyl (C=O) groups excluding carboxylic acids is 2. The average molecular weight is 925 g/mol. The van der Waals surface area contributed by atoms with Gasteiger partial charge in [0, 0.05) is 37.0 Å². The molecule has 0 saturated heterocycles. The number of esters is 2. The molecule has 0 heterocycles. The van der Waals surface area contributed by atoms with Crippen molar-refractivity contribution in [1.29, 1.82) is 0 Å². The van der Waals surface area contributed by atoms with Crippen molar-refractivity contribution in [2.24, 2.45) is 0 Å². The third-order valence-electron chi connectivity index (χ3n) is 11.7. The van der Waals surface area contributed by atoms with Crippen LogP contribution in [0.5, 0.6) is 34.5 Å². The maximum Gasteiger partial charge on any atom is 0.417 e. The fourth-order valence-electron chi connectivity index (χ4n) is 7.89. The molecule has 358 valence electrons. The minimum Gasteiger partial charge on any atom is -0.497 e. The van der Waals surface area contributed by atoms with Crippen molar-refractivity contribution in [2.45, 2.75) is 62.8 Å². The smallest absolute Gasteiger partial charge is 0.417 e. The van der Waals surface area contributed by atoms with Crippen molar-refractivity contribution in [2.75, 3.05) is 54.7 Å². The lowest BCUT2D eigenvalue weighted by Gasteiger charge is -2.26. The Hall–Kier alpha value is -7.02. The highest BCUT2D eigenvalue weighted by Crippen LogP contribution is 2.33. The Morgan fingerprint density at radius 3 is 0.941 bits per heavy atom. The van der Waals surface area contributed by atoms with Crippen LogP contribution in [0.1, 0.15) is 60.8 Å². The minimum atomic E-state index is -1.13. The van der Waals surface area contributed by atoms with Gasteiger partial charge in [-0.3, -0.25) is 0 Å². The van der Waals surface area contributed by atoms with Crippen LogP contribution in [0.3, 0.4) is 0 Å². The normalized spacial score (nSPS) is 12.9. The van der Waals surface area contributed by atoms with Gasteiger partial charge in [0.15, 0.2) is 0 Å². The Balaban J connectivity index is 1.13. The molecule has 0 radical (unpaired) electrons. The first-order chi connectivity index (χ1) is 33.1. The molecule has 0 amide bonds. The van der Waals surface area contributed by atoms with Crippen molar-refractivity contribution < 1.29 is 47.5 Å². The number of carbonyl (C=O) groups is 2. The lowest BCUT2D eigenvalue weighted by molar-refractivity contribution is -0.175. The molecule has 0 saturated carbocycles. The second kappa shape index (κ2) is 26.4. The van der Waals surface area contributed by atoms with E-state index in [1.54, 1.807) is 28.4 Å². The number of methoxy groups -OCH3 is 4. The van der Waals surface area contributed by atoms with Gasteiger partial charge in [0.1, 0.15) is 59.9 Å². The molecule has 6 aromatic carbocycles. The SMILES string of the molecule is COc1ccc(C(C[C@H](C)NC[C@@H](COc2ccccc2)OC(=O)C(=O)O[C@@H](CN[C@@H](C)CC(c2ccc(OC)cc2)c2ccc(OC)cc2)COc2ccccc2)c2ccc(OC)cc2)cc1. The molecule has 6 rings (SSSR count). The van der Waals surface area contributed by atoms with E-state index in [4.69, 9.17) is 37.9 Å². The van der Waals surface area contributed by atoms with Crippen LogP contribution >= 0.6 is 0 Å². The molecule has 0 bridgehead atoms.